The Hall–Kier alpha value is -4.74. The minimum atomic E-state index is -3.92. The summed E-state index contributed by atoms with van der Waals surface area (Å²) in [5.41, 5.74) is 1.73. The summed E-state index contributed by atoms with van der Waals surface area (Å²) in [5.74, 6) is 0.370. The Balaban J connectivity index is 1.21. The summed E-state index contributed by atoms with van der Waals surface area (Å²) in [5, 5.41) is 3.12. The number of carbonyl (C=O) groups is 2. The highest BCUT2D eigenvalue weighted by molar-refractivity contribution is 7.92. The average Bonchev–Trinajstić information content (AvgIpc) is 3.02. The van der Waals surface area contributed by atoms with Crippen LogP contribution in [0.5, 0.6) is 17.2 Å². The summed E-state index contributed by atoms with van der Waals surface area (Å²) in [6.45, 7) is -0.0211. The molecule has 12 heteroatoms. The molecule has 4 aromatic carbocycles. The van der Waals surface area contributed by atoms with Crippen LogP contribution in [-0.4, -0.2) is 46.6 Å². The number of carbonyl (C=O) groups excluding carboxylic acids is 2. The van der Waals surface area contributed by atoms with Gasteiger partial charge in [0.15, 0.2) is 12.7 Å². The second kappa shape index (κ2) is 13.1. The molecule has 0 aromatic heterocycles. The molecule has 0 fully saturated rings. The van der Waals surface area contributed by atoms with Gasteiger partial charge in [0.05, 0.1) is 34.9 Å². The van der Waals surface area contributed by atoms with Gasteiger partial charge in [-0.3, -0.25) is 14.3 Å². The molecule has 1 heterocycles. The highest BCUT2D eigenvalue weighted by Gasteiger charge is 2.34. The second-order valence-corrected chi connectivity index (χ2v) is 11.6. The van der Waals surface area contributed by atoms with Crippen LogP contribution in [0.3, 0.4) is 0 Å². The summed E-state index contributed by atoms with van der Waals surface area (Å²) in [4.78, 5) is 27.6. The number of hydrogen-bond donors (Lipinski definition) is 2. The normalized spacial score (nSPS) is 14.2. The maximum Gasteiger partial charge on any atom is 0.265 e. The minimum absolute atomic E-state index is 0.00193. The Morgan fingerprint density at radius 3 is 2.42 bits per heavy atom. The van der Waals surface area contributed by atoms with E-state index in [-0.39, 0.29) is 34.7 Å². The zero-order valence-corrected chi connectivity index (χ0v) is 24.6. The van der Waals surface area contributed by atoms with Crippen molar-refractivity contribution in [3.05, 3.63) is 108 Å². The molecule has 10 nitrogen and oxygen atoms in total. The number of nitrogens with zero attached hydrogens (tertiary/aromatic N) is 1. The lowest BCUT2D eigenvalue weighted by molar-refractivity contribution is -0.128. The smallest absolute Gasteiger partial charge is 0.265 e. The van der Waals surface area contributed by atoms with Crippen molar-refractivity contribution < 1.29 is 32.2 Å². The zero-order chi connectivity index (χ0) is 30.4. The van der Waals surface area contributed by atoms with Crippen LogP contribution in [0, 0.1) is 0 Å². The fourth-order valence-corrected chi connectivity index (χ4v) is 5.70. The first-order valence-electron chi connectivity index (χ1n) is 13.2. The Kier molecular flexibility index (Phi) is 9.03. The van der Waals surface area contributed by atoms with Gasteiger partial charge in [0.1, 0.15) is 17.2 Å². The maximum absolute atomic E-state index is 13.3. The summed E-state index contributed by atoms with van der Waals surface area (Å²) < 4.78 is 44.8. The molecular weight excluding hydrogens is 594 g/mol. The molecule has 2 N–H and O–H groups in total. The molecule has 0 aliphatic carbocycles. The Labute approximate surface area is 254 Å². The Bertz CT molecular complexity index is 1720. The molecule has 0 unspecified atom stereocenters. The van der Waals surface area contributed by atoms with Crippen LogP contribution >= 0.6 is 11.6 Å². The molecule has 222 valence electrons. The number of anilines is 2. The number of amides is 2. The molecule has 4 aromatic rings. The van der Waals surface area contributed by atoms with Crippen molar-refractivity contribution >= 4 is 44.8 Å². The van der Waals surface area contributed by atoms with Gasteiger partial charge in [-0.2, -0.15) is 0 Å². The van der Waals surface area contributed by atoms with Gasteiger partial charge in [0, 0.05) is 6.54 Å². The van der Waals surface area contributed by atoms with Crippen molar-refractivity contribution in [2.75, 3.05) is 29.9 Å². The standard InChI is InChI=1S/C31H28ClN3O7S/c1-40-27-16-11-22(17-25(27)32)34-43(38,39)24-14-12-23(13-15-24)41-20-30(36)35-19-29(42-28-10-6-5-9-26(28)35)31(37)33-18-21-7-3-2-4-8-21/h2-17,29,34H,18-20H2,1H3,(H,33,37)/t29-/m1/s1. The van der Waals surface area contributed by atoms with E-state index in [1.807, 2.05) is 30.3 Å². The lowest BCUT2D eigenvalue weighted by Crippen LogP contribution is -2.51. The fourth-order valence-electron chi connectivity index (χ4n) is 4.39. The first kappa shape index (κ1) is 29.7. The SMILES string of the molecule is COc1ccc(NS(=O)(=O)c2ccc(OCC(=O)N3C[C@H](C(=O)NCc4ccccc4)Oc4ccccc43)cc2)cc1Cl. The van der Waals surface area contributed by atoms with Crippen molar-refractivity contribution in [1.82, 2.24) is 5.32 Å². The van der Waals surface area contributed by atoms with Gasteiger partial charge in [-0.1, -0.05) is 54.1 Å². The number of benzene rings is 4. The fraction of sp³-hybridized carbons (Fsp3) is 0.161. The number of hydrogen-bond acceptors (Lipinski definition) is 7. The number of fused-ring (bicyclic) bond motifs is 1. The Morgan fingerprint density at radius 2 is 1.70 bits per heavy atom. The van der Waals surface area contributed by atoms with E-state index < -0.39 is 22.0 Å². The summed E-state index contributed by atoms with van der Waals surface area (Å²) in [6, 6.07) is 26.6. The van der Waals surface area contributed by atoms with Gasteiger partial charge in [-0.25, -0.2) is 8.42 Å². The molecule has 0 radical (unpaired) electrons. The molecule has 0 bridgehead atoms. The predicted octanol–water partition coefficient (Wildman–Crippen LogP) is 4.64. The van der Waals surface area contributed by atoms with Crippen LogP contribution in [0.15, 0.2) is 102 Å². The van der Waals surface area contributed by atoms with E-state index in [0.29, 0.717) is 29.5 Å². The molecule has 2 amide bonds. The molecule has 1 aliphatic rings. The Morgan fingerprint density at radius 1 is 0.977 bits per heavy atom. The zero-order valence-electron chi connectivity index (χ0n) is 23.0. The molecule has 5 rings (SSSR count). The molecule has 0 saturated heterocycles. The van der Waals surface area contributed by atoms with Crippen molar-refractivity contribution in [2.24, 2.45) is 0 Å². The van der Waals surface area contributed by atoms with Crippen LogP contribution in [-0.2, 0) is 26.2 Å². The topological polar surface area (TPSA) is 123 Å². The largest absolute Gasteiger partial charge is 0.495 e. The van der Waals surface area contributed by atoms with Crippen LogP contribution in [0.2, 0.25) is 5.02 Å². The van der Waals surface area contributed by atoms with Crippen molar-refractivity contribution in [2.45, 2.75) is 17.5 Å². The number of ether oxygens (including phenoxy) is 3. The van der Waals surface area contributed by atoms with Gasteiger partial charge >= 0.3 is 0 Å². The first-order valence-corrected chi connectivity index (χ1v) is 15.1. The first-order chi connectivity index (χ1) is 20.7. The van der Waals surface area contributed by atoms with Gasteiger partial charge in [-0.15, -0.1) is 0 Å². The van der Waals surface area contributed by atoms with Crippen molar-refractivity contribution in [3.63, 3.8) is 0 Å². The molecule has 0 spiro atoms. The van der Waals surface area contributed by atoms with E-state index in [1.54, 1.807) is 30.3 Å². The number of rotatable bonds is 10. The van der Waals surface area contributed by atoms with Gasteiger partial charge in [-0.05, 0) is 60.2 Å². The number of sulfonamides is 1. The van der Waals surface area contributed by atoms with E-state index in [1.165, 1.54) is 48.4 Å². The molecule has 0 saturated carbocycles. The number of methoxy groups -OCH3 is 1. The third-order valence-corrected chi connectivity index (χ3v) is 8.27. The monoisotopic (exact) mass is 621 g/mol. The van der Waals surface area contributed by atoms with Crippen molar-refractivity contribution in [3.8, 4) is 17.2 Å². The van der Waals surface area contributed by atoms with Crippen molar-refractivity contribution in [1.29, 1.82) is 0 Å². The maximum atomic E-state index is 13.3. The van der Waals surface area contributed by atoms with E-state index >= 15 is 0 Å². The molecule has 1 aliphatic heterocycles. The minimum Gasteiger partial charge on any atom is -0.495 e. The van der Waals surface area contributed by atoms with E-state index in [0.717, 1.165) is 5.56 Å². The van der Waals surface area contributed by atoms with Gasteiger partial charge in [0.25, 0.3) is 21.8 Å². The average molecular weight is 622 g/mol. The lowest BCUT2D eigenvalue weighted by Gasteiger charge is -2.34. The summed E-state index contributed by atoms with van der Waals surface area (Å²) >= 11 is 6.10. The van der Waals surface area contributed by atoms with Crippen LogP contribution in [0.1, 0.15) is 5.56 Å². The van der Waals surface area contributed by atoms with E-state index in [9.17, 15) is 18.0 Å². The number of nitrogens with one attached hydrogen (secondary N) is 2. The predicted molar refractivity (Wildman–Crippen MR) is 162 cm³/mol. The molecule has 43 heavy (non-hydrogen) atoms. The number of halogens is 1. The second-order valence-electron chi connectivity index (χ2n) is 9.50. The van der Waals surface area contributed by atoms with Crippen LogP contribution < -0.4 is 29.1 Å². The van der Waals surface area contributed by atoms with Gasteiger partial charge < -0.3 is 24.4 Å². The third-order valence-electron chi connectivity index (χ3n) is 6.58. The molecule has 1 atom stereocenters. The highest BCUT2D eigenvalue weighted by atomic mass is 35.5. The molecular formula is C31H28ClN3O7S. The van der Waals surface area contributed by atoms with Gasteiger partial charge in [0.2, 0.25) is 0 Å². The third kappa shape index (κ3) is 7.19. The van der Waals surface area contributed by atoms with Crippen LogP contribution in [0.25, 0.3) is 0 Å². The van der Waals surface area contributed by atoms with E-state index in [2.05, 4.69) is 10.0 Å². The van der Waals surface area contributed by atoms with E-state index in [4.69, 9.17) is 25.8 Å². The lowest BCUT2D eigenvalue weighted by atomic mass is 10.1. The quantitative estimate of drug-likeness (QED) is 0.264. The summed E-state index contributed by atoms with van der Waals surface area (Å²) in [7, 11) is -2.45. The van der Waals surface area contributed by atoms with Crippen LogP contribution in [0.4, 0.5) is 11.4 Å². The highest BCUT2D eigenvalue weighted by Crippen LogP contribution is 2.33. The summed E-state index contributed by atoms with van der Waals surface area (Å²) in [6.07, 6.45) is -0.917. The number of para-hydroxylation sites is 2.